The first-order chi connectivity index (χ1) is 19.8. The van der Waals surface area contributed by atoms with Crippen LogP contribution in [0.4, 0.5) is 13.2 Å². The summed E-state index contributed by atoms with van der Waals surface area (Å²) in [6.45, 7) is 2.75. The SMILES string of the molecule is CO[C@H]1COCC[C@H]1NC1CCN(C(=O)c2cncc(CC[C@H]3CCC[C@@H](c4ccc(C(F)(F)F)cc4)O3)c2)CC1. The Morgan fingerprint density at radius 2 is 1.88 bits per heavy atom. The van der Waals surface area contributed by atoms with E-state index in [0.29, 0.717) is 31.3 Å². The van der Waals surface area contributed by atoms with Crippen molar-refractivity contribution in [3.8, 4) is 0 Å². The fourth-order valence-electron chi connectivity index (χ4n) is 6.18. The molecule has 4 heterocycles. The number of pyridine rings is 1. The van der Waals surface area contributed by atoms with Crippen molar-refractivity contribution in [3.63, 3.8) is 0 Å². The van der Waals surface area contributed by atoms with Crippen molar-refractivity contribution in [1.29, 1.82) is 0 Å². The fraction of sp³-hybridized carbons (Fsp3) is 0.613. The molecule has 3 aliphatic heterocycles. The Kier molecular flexibility index (Phi) is 9.95. The van der Waals surface area contributed by atoms with Gasteiger partial charge in [-0.15, -0.1) is 0 Å². The molecule has 2 aromatic rings. The third-order valence-corrected chi connectivity index (χ3v) is 8.59. The van der Waals surface area contributed by atoms with Crippen molar-refractivity contribution in [3.05, 3.63) is 65.0 Å². The van der Waals surface area contributed by atoms with Gasteiger partial charge < -0.3 is 24.4 Å². The minimum absolute atomic E-state index is 0.00918. The van der Waals surface area contributed by atoms with E-state index in [1.165, 1.54) is 12.1 Å². The average Bonchev–Trinajstić information content (AvgIpc) is 3.00. The molecule has 0 radical (unpaired) electrons. The van der Waals surface area contributed by atoms with Gasteiger partial charge in [0, 0.05) is 51.3 Å². The standard InChI is InChI=1S/C31H40F3N3O4/c1-39-29-20-40-16-13-27(29)36-25-11-14-37(15-12-25)30(38)23-17-21(18-35-19-23)5-10-26-3-2-4-28(41-26)22-6-8-24(9-7-22)31(32,33)34/h6-9,17-19,25-29,36H,2-5,10-16,20H2,1H3/t26-,27-,28+,29+/m1/s1. The molecule has 4 atom stereocenters. The molecule has 224 valence electrons. The van der Waals surface area contributed by atoms with Crippen LogP contribution in [0.5, 0.6) is 0 Å². The summed E-state index contributed by atoms with van der Waals surface area (Å²) in [4.78, 5) is 19.5. The van der Waals surface area contributed by atoms with E-state index in [9.17, 15) is 18.0 Å². The number of alkyl halides is 3. The highest BCUT2D eigenvalue weighted by molar-refractivity contribution is 5.94. The van der Waals surface area contributed by atoms with E-state index in [0.717, 1.165) is 81.2 Å². The van der Waals surface area contributed by atoms with Gasteiger partial charge in [0.2, 0.25) is 0 Å². The number of nitrogens with zero attached hydrogens (tertiary/aromatic N) is 2. The number of hydrogen-bond acceptors (Lipinski definition) is 6. The molecule has 0 aliphatic carbocycles. The van der Waals surface area contributed by atoms with E-state index < -0.39 is 11.7 Å². The van der Waals surface area contributed by atoms with Crippen molar-refractivity contribution < 1.29 is 32.2 Å². The van der Waals surface area contributed by atoms with Crippen LogP contribution in [0, 0.1) is 0 Å². The topological polar surface area (TPSA) is 72.9 Å². The highest BCUT2D eigenvalue weighted by atomic mass is 19.4. The van der Waals surface area contributed by atoms with E-state index in [-0.39, 0.29) is 30.3 Å². The Balaban J connectivity index is 1.10. The predicted molar refractivity (Wildman–Crippen MR) is 148 cm³/mol. The highest BCUT2D eigenvalue weighted by Crippen LogP contribution is 2.35. The van der Waals surface area contributed by atoms with Crippen molar-refractivity contribution in [2.24, 2.45) is 0 Å². The number of rotatable bonds is 8. The zero-order valence-corrected chi connectivity index (χ0v) is 23.6. The number of carbonyl (C=O) groups excluding carboxylic acids is 1. The Morgan fingerprint density at radius 3 is 2.61 bits per heavy atom. The molecule has 0 unspecified atom stereocenters. The molecular formula is C31H40F3N3O4. The van der Waals surface area contributed by atoms with E-state index in [2.05, 4.69) is 10.3 Å². The molecule has 1 aromatic heterocycles. The molecule has 0 bridgehead atoms. The van der Waals surface area contributed by atoms with Gasteiger partial charge >= 0.3 is 6.18 Å². The summed E-state index contributed by atoms with van der Waals surface area (Å²) in [5.74, 6) is 0.00918. The van der Waals surface area contributed by atoms with Gasteiger partial charge in [0.05, 0.1) is 36.0 Å². The zero-order valence-electron chi connectivity index (χ0n) is 23.6. The van der Waals surface area contributed by atoms with Crippen LogP contribution in [0.1, 0.15) is 78.1 Å². The number of amides is 1. The Hall–Kier alpha value is -2.53. The number of ether oxygens (including phenoxy) is 3. The van der Waals surface area contributed by atoms with Gasteiger partial charge in [-0.05, 0) is 80.7 Å². The number of hydrogen-bond donors (Lipinski definition) is 1. The molecule has 41 heavy (non-hydrogen) atoms. The molecule has 3 fully saturated rings. The van der Waals surface area contributed by atoms with E-state index in [1.54, 1.807) is 19.5 Å². The molecule has 7 nitrogen and oxygen atoms in total. The number of halogens is 3. The van der Waals surface area contributed by atoms with Gasteiger partial charge in [-0.2, -0.15) is 13.2 Å². The minimum atomic E-state index is -4.34. The van der Waals surface area contributed by atoms with Gasteiger partial charge in [0.25, 0.3) is 5.91 Å². The van der Waals surface area contributed by atoms with Gasteiger partial charge in [0.15, 0.2) is 0 Å². The lowest BCUT2D eigenvalue weighted by Gasteiger charge is -2.38. The largest absolute Gasteiger partial charge is 0.416 e. The second-order valence-electron chi connectivity index (χ2n) is 11.4. The number of methoxy groups -OCH3 is 1. The highest BCUT2D eigenvalue weighted by Gasteiger charge is 2.32. The van der Waals surface area contributed by atoms with Crippen LogP contribution in [0.15, 0.2) is 42.7 Å². The predicted octanol–water partition coefficient (Wildman–Crippen LogP) is 5.34. The summed E-state index contributed by atoms with van der Waals surface area (Å²) in [6, 6.07) is 7.85. The van der Waals surface area contributed by atoms with Crippen LogP contribution in [0.2, 0.25) is 0 Å². The van der Waals surface area contributed by atoms with Crippen molar-refractivity contribution in [1.82, 2.24) is 15.2 Å². The summed E-state index contributed by atoms with van der Waals surface area (Å²) in [7, 11) is 1.72. The Morgan fingerprint density at radius 1 is 1.10 bits per heavy atom. The van der Waals surface area contributed by atoms with E-state index >= 15 is 0 Å². The molecular weight excluding hydrogens is 535 g/mol. The summed E-state index contributed by atoms with van der Waals surface area (Å²) >= 11 is 0. The van der Waals surface area contributed by atoms with Crippen molar-refractivity contribution in [2.45, 2.75) is 87.9 Å². The number of carbonyl (C=O) groups is 1. The summed E-state index contributed by atoms with van der Waals surface area (Å²) in [5.41, 5.74) is 1.72. The molecule has 3 saturated heterocycles. The minimum Gasteiger partial charge on any atom is -0.379 e. The molecule has 3 aliphatic rings. The number of nitrogens with one attached hydrogen (secondary N) is 1. The maximum Gasteiger partial charge on any atom is 0.416 e. The Labute approximate surface area is 239 Å². The number of piperidine rings is 1. The van der Waals surface area contributed by atoms with Crippen LogP contribution in [-0.4, -0.2) is 73.5 Å². The molecule has 1 N–H and O–H groups in total. The van der Waals surface area contributed by atoms with Crippen LogP contribution < -0.4 is 5.32 Å². The smallest absolute Gasteiger partial charge is 0.379 e. The fourth-order valence-corrected chi connectivity index (χ4v) is 6.18. The number of likely N-dealkylation sites (tertiary alicyclic amines) is 1. The molecule has 0 spiro atoms. The monoisotopic (exact) mass is 575 g/mol. The second kappa shape index (κ2) is 13.6. The summed E-state index contributed by atoms with van der Waals surface area (Å²) < 4.78 is 56.1. The van der Waals surface area contributed by atoms with Gasteiger partial charge in [-0.25, -0.2) is 0 Å². The lowest BCUT2D eigenvalue weighted by Crippen LogP contribution is -2.54. The molecule has 5 rings (SSSR count). The summed E-state index contributed by atoms with van der Waals surface area (Å²) in [5, 5.41) is 3.72. The quantitative estimate of drug-likeness (QED) is 0.458. The maximum atomic E-state index is 13.3. The Bertz CT molecular complexity index is 1140. The van der Waals surface area contributed by atoms with E-state index in [4.69, 9.17) is 14.2 Å². The van der Waals surface area contributed by atoms with Gasteiger partial charge in [-0.1, -0.05) is 12.1 Å². The third-order valence-electron chi connectivity index (χ3n) is 8.59. The lowest BCUT2D eigenvalue weighted by atomic mass is 9.95. The first-order valence-electron chi connectivity index (χ1n) is 14.7. The van der Waals surface area contributed by atoms with Gasteiger partial charge in [0.1, 0.15) is 0 Å². The zero-order chi connectivity index (χ0) is 28.8. The normalized spacial score (nSPS) is 26.2. The first-order valence-corrected chi connectivity index (χ1v) is 14.7. The first kappa shape index (κ1) is 29.9. The molecule has 1 amide bonds. The number of benzene rings is 1. The van der Waals surface area contributed by atoms with Crippen LogP contribution in [0.25, 0.3) is 0 Å². The molecule has 10 heteroatoms. The number of aryl methyl sites for hydroxylation is 1. The van der Waals surface area contributed by atoms with Crippen LogP contribution in [0.3, 0.4) is 0 Å². The third kappa shape index (κ3) is 7.85. The van der Waals surface area contributed by atoms with Crippen molar-refractivity contribution in [2.75, 3.05) is 33.4 Å². The molecule has 0 saturated carbocycles. The van der Waals surface area contributed by atoms with Crippen molar-refractivity contribution >= 4 is 5.91 Å². The lowest BCUT2D eigenvalue weighted by molar-refractivity contribution is -0.137. The van der Waals surface area contributed by atoms with E-state index in [1.807, 2.05) is 11.0 Å². The average molecular weight is 576 g/mol. The van der Waals surface area contributed by atoms with Crippen LogP contribution in [-0.2, 0) is 26.8 Å². The van der Waals surface area contributed by atoms with Crippen LogP contribution >= 0.6 is 0 Å². The van der Waals surface area contributed by atoms with Gasteiger partial charge in [-0.3, -0.25) is 9.78 Å². The second-order valence-corrected chi connectivity index (χ2v) is 11.4. The summed E-state index contributed by atoms with van der Waals surface area (Å²) in [6.07, 6.45) is 5.82. The maximum absolute atomic E-state index is 13.3. The molecule has 1 aromatic carbocycles. The number of aromatic nitrogens is 1.